The summed E-state index contributed by atoms with van der Waals surface area (Å²) in [6, 6.07) is 10.6. The Morgan fingerprint density at radius 1 is 1.05 bits per heavy atom. The van der Waals surface area contributed by atoms with E-state index >= 15 is 0 Å². The van der Waals surface area contributed by atoms with E-state index in [0.29, 0.717) is 0 Å². The van der Waals surface area contributed by atoms with Crippen LogP contribution in [-0.4, -0.2) is 23.6 Å². The van der Waals surface area contributed by atoms with Crippen LogP contribution in [0.5, 0.6) is 0 Å². The molecule has 21 heavy (non-hydrogen) atoms. The summed E-state index contributed by atoms with van der Waals surface area (Å²) in [5.74, 6) is 2.72. The second kappa shape index (κ2) is 7.62. The topological polar surface area (TPSA) is 49.8 Å². The van der Waals surface area contributed by atoms with E-state index in [0.717, 1.165) is 48.8 Å². The van der Waals surface area contributed by atoms with Gasteiger partial charge in [-0.3, -0.25) is 0 Å². The van der Waals surface area contributed by atoms with E-state index in [9.17, 15) is 0 Å². The number of hydrogen-bond acceptors (Lipinski definition) is 4. The lowest BCUT2D eigenvalue weighted by atomic mass is 10.1. The molecule has 1 aromatic carbocycles. The van der Waals surface area contributed by atoms with E-state index in [1.54, 1.807) is 0 Å². The smallest absolute Gasteiger partial charge is 0.134 e. The van der Waals surface area contributed by atoms with Crippen LogP contribution >= 0.6 is 0 Å². The third-order valence-corrected chi connectivity index (χ3v) is 3.52. The van der Waals surface area contributed by atoms with E-state index in [1.807, 2.05) is 14.0 Å². The molecule has 0 radical (unpaired) electrons. The first-order chi connectivity index (χ1) is 10.2. The highest BCUT2D eigenvalue weighted by molar-refractivity contribution is 5.56. The highest BCUT2D eigenvalue weighted by atomic mass is 15.1. The van der Waals surface area contributed by atoms with Crippen LogP contribution in [0.1, 0.15) is 30.3 Å². The summed E-state index contributed by atoms with van der Waals surface area (Å²) < 4.78 is 0. The van der Waals surface area contributed by atoms with Gasteiger partial charge in [-0.15, -0.1) is 0 Å². The van der Waals surface area contributed by atoms with Crippen molar-refractivity contribution in [3.63, 3.8) is 0 Å². The van der Waals surface area contributed by atoms with E-state index < -0.39 is 0 Å². The first-order valence-corrected chi connectivity index (χ1v) is 7.57. The summed E-state index contributed by atoms with van der Waals surface area (Å²) in [6.45, 7) is 5.03. The van der Waals surface area contributed by atoms with E-state index in [4.69, 9.17) is 0 Å². The van der Waals surface area contributed by atoms with Gasteiger partial charge >= 0.3 is 0 Å². The van der Waals surface area contributed by atoms with Crippen LogP contribution < -0.4 is 10.6 Å². The van der Waals surface area contributed by atoms with Crippen molar-refractivity contribution in [2.45, 2.75) is 33.1 Å². The molecule has 0 spiro atoms. The molecule has 2 aromatic rings. The third kappa shape index (κ3) is 4.18. The Hall–Kier alpha value is -2.10. The van der Waals surface area contributed by atoms with Crippen molar-refractivity contribution in [3.8, 4) is 0 Å². The normalized spacial score (nSPS) is 10.4. The van der Waals surface area contributed by atoms with Crippen LogP contribution in [0.25, 0.3) is 0 Å². The molecule has 4 nitrogen and oxygen atoms in total. The number of rotatable bonds is 7. The van der Waals surface area contributed by atoms with Gasteiger partial charge in [-0.1, -0.05) is 37.3 Å². The fourth-order valence-electron chi connectivity index (χ4n) is 2.28. The van der Waals surface area contributed by atoms with Gasteiger partial charge in [-0.05, 0) is 25.3 Å². The molecule has 2 rings (SSSR count). The van der Waals surface area contributed by atoms with Crippen molar-refractivity contribution in [3.05, 3.63) is 47.3 Å². The molecule has 0 saturated carbocycles. The Kier molecular flexibility index (Phi) is 5.55. The number of aryl methyl sites for hydroxylation is 2. The highest BCUT2D eigenvalue weighted by Gasteiger charge is 2.08. The quantitative estimate of drug-likeness (QED) is 0.765. The highest BCUT2D eigenvalue weighted by Crippen LogP contribution is 2.19. The largest absolute Gasteiger partial charge is 0.373 e. The van der Waals surface area contributed by atoms with Crippen LogP contribution in [-0.2, 0) is 12.8 Å². The van der Waals surface area contributed by atoms with Crippen molar-refractivity contribution in [2.24, 2.45) is 0 Å². The molecule has 0 bridgehead atoms. The molecule has 0 amide bonds. The monoisotopic (exact) mass is 284 g/mol. The summed E-state index contributed by atoms with van der Waals surface area (Å²) >= 11 is 0. The third-order valence-electron chi connectivity index (χ3n) is 3.52. The van der Waals surface area contributed by atoms with Crippen molar-refractivity contribution >= 4 is 11.6 Å². The summed E-state index contributed by atoms with van der Waals surface area (Å²) in [5.41, 5.74) is 2.46. The van der Waals surface area contributed by atoms with Crippen molar-refractivity contribution in [1.29, 1.82) is 0 Å². The van der Waals surface area contributed by atoms with Gasteiger partial charge < -0.3 is 10.6 Å². The average molecular weight is 284 g/mol. The zero-order chi connectivity index (χ0) is 15.1. The van der Waals surface area contributed by atoms with Crippen LogP contribution in [0.3, 0.4) is 0 Å². The maximum Gasteiger partial charge on any atom is 0.134 e. The molecule has 0 fully saturated rings. The Balaban J connectivity index is 1.93. The fraction of sp³-hybridized carbons (Fsp3) is 0.412. The molecule has 0 atom stereocenters. The molecule has 1 aromatic heterocycles. The van der Waals surface area contributed by atoms with Gasteiger partial charge in [0.1, 0.15) is 17.5 Å². The van der Waals surface area contributed by atoms with Crippen LogP contribution in [0.15, 0.2) is 30.3 Å². The average Bonchev–Trinajstić information content (AvgIpc) is 2.54. The number of hydrogen-bond donors (Lipinski definition) is 2. The molecule has 112 valence electrons. The maximum absolute atomic E-state index is 4.58. The number of aromatic nitrogens is 2. The van der Waals surface area contributed by atoms with E-state index in [-0.39, 0.29) is 0 Å². The predicted octanol–water partition coefficient (Wildman–Crippen LogP) is 3.43. The van der Waals surface area contributed by atoms with Crippen LogP contribution in [0, 0.1) is 6.92 Å². The number of anilines is 2. The number of nitrogens with zero attached hydrogens (tertiary/aromatic N) is 2. The first kappa shape index (κ1) is 15.3. The van der Waals surface area contributed by atoms with Gasteiger partial charge in [0.25, 0.3) is 0 Å². The molecule has 0 aliphatic carbocycles. The van der Waals surface area contributed by atoms with E-state index in [1.165, 1.54) is 5.56 Å². The van der Waals surface area contributed by atoms with Gasteiger partial charge in [-0.25, -0.2) is 9.97 Å². The summed E-state index contributed by atoms with van der Waals surface area (Å²) in [6.07, 6.45) is 3.01. The van der Waals surface area contributed by atoms with Gasteiger partial charge in [0.15, 0.2) is 0 Å². The zero-order valence-corrected chi connectivity index (χ0v) is 13.1. The SMILES string of the molecule is CCc1nc(NC)c(C)c(NCCCc2ccccc2)n1. The molecular formula is C17H24N4. The molecule has 0 aliphatic heterocycles. The van der Waals surface area contributed by atoms with Crippen LogP contribution in [0.2, 0.25) is 0 Å². The summed E-state index contributed by atoms with van der Waals surface area (Å²) in [4.78, 5) is 9.07. The number of benzene rings is 1. The fourth-order valence-corrected chi connectivity index (χ4v) is 2.28. The molecule has 2 N–H and O–H groups in total. The molecule has 4 heteroatoms. The molecule has 0 aliphatic rings. The predicted molar refractivity (Wildman–Crippen MR) is 88.9 cm³/mol. The first-order valence-electron chi connectivity index (χ1n) is 7.57. The Bertz CT molecular complexity index is 567. The summed E-state index contributed by atoms with van der Waals surface area (Å²) in [5, 5.41) is 6.58. The lowest BCUT2D eigenvalue weighted by Gasteiger charge is -2.13. The zero-order valence-electron chi connectivity index (χ0n) is 13.1. The van der Waals surface area contributed by atoms with Gasteiger partial charge in [-0.2, -0.15) is 0 Å². The molecule has 0 unspecified atom stereocenters. The van der Waals surface area contributed by atoms with Gasteiger partial charge in [0.2, 0.25) is 0 Å². The second-order valence-corrected chi connectivity index (χ2v) is 5.08. The van der Waals surface area contributed by atoms with Gasteiger partial charge in [0, 0.05) is 25.6 Å². The minimum Gasteiger partial charge on any atom is -0.373 e. The standard InChI is InChI=1S/C17H24N4/c1-4-15-20-16(18-3)13(2)17(21-15)19-12-8-11-14-9-6-5-7-10-14/h5-7,9-10H,4,8,11-12H2,1-3H3,(H2,18,19,20,21). The minimum atomic E-state index is 0.841. The Morgan fingerprint density at radius 2 is 1.76 bits per heavy atom. The molecular weight excluding hydrogens is 260 g/mol. The Labute approximate surface area is 127 Å². The molecule has 1 heterocycles. The lowest BCUT2D eigenvalue weighted by Crippen LogP contribution is -2.11. The Morgan fingerprint density at radius 3 is 2.43 bits per heavy atom. The summed E-state index contributed by atoms with van der Waals surface area (Å²) in [7, 11) is 1.90. The van der Waals surface area contributed by atoms with Crippen LogP contribution in [0.4, 0.5) is 11.6 Å². The molecule has 0 saturated heterocycles. The number of nitrogens with one attached hydrogen (secondary N) is 2. The lowest BCUT2D eigenvalue weighted by molar-refractivity contribution is 0.849. The van der Waals surface area contributed by atoms with Crippen molar-refractivity contribution < 1.29 is 0 Å². The van der Waals surface area contributed by atoms with Crippen molar-refractivity contribution in [2.75, 3.05) is 24.2 Å². The maximum atomic E-state index is 4.58. The second-order valence-electron chi connectivity index (χ2n) is 5.08. The van der Waals surface area contributed by atoms with E-state index in [2.05, 4.69) is 57.9 Å². The minimum absolute atomic E-state index is 0.841. The van der Waals surface area contributed by atoms with Gasteiger partial charge in [0.05, 0.1) is 0 Å². The van der Waals surface area contributed by atoms with Crippen molar-refractivity contribution in [1.82, 2.24) is 9.97 Å².